The first kappa shape index (κ1) is 31.6. The summed E-state index contributed by atoms with van der Waals surface area (Å²) in [5, 5.41) is 0. The normalized spacial score (nSPS) is 18.4. The summed E-state index contributed by atoms with van der Waals surface area (Å²) in [5.41, 5.74) is 13.7. The predicted octanol–water partition coefficient (Wildman–Crippen LogP) is 6.87. The maximum Gasteiger partial charge on any atom is 0.171 e. The molecule has 3 aliphatic heterocycles. The Morgan fingerprint density at radius 2 is 1.09 bits per heavy atom. The Morgan fingerprint density at radius 3 is 1.71 bits per heavy atom. The number of hydrogen-bond donors (Lipinski definition) is 0. The van der Waals surface area contributed by atoms with Crippen molar-refractivity contribution in [2.75, 3.05) is 40.8 Å². The molecule has 236 valence electrons. The predicted molar refractivity (Wildman–Crippen MR) is 190 cm³/mol. The summed E-state index contributed by atoms with van der Waals surface area (Å²) in [5.74, 6) is 2.62. The molecule has 3 nitrogen and oxygen atoms in total. The minimum Gasteiger partial charge on any atom is -0.238 e. The summed E-state index contributed by atoms with van der Waals surface area (Å²) < 4.78 is 7.09. The van der Waals surface area contributed by atoms with E-state index in [9.17, 15) is 0 Å². The lowest BCUT2D eigenvalue weighted by Crippen LogP contribution is -2.29. The van der Waals surface area contributed by atoms with Gasteiger partial charge in [-0.15, -0.1) is 0 Å². The van der Waals surface area contributed by atoms with Gasteiger partial charge in [0.15, 0.2) is 18.6 Å². The lowest BCUT2D eigenvalue weighted by molar-refractivity contribution is -0.493. The fourth-order valence-corrected chi connectivity index (χ4v) is 8.39. The van der Waals surface area contributed by atoms with Crippen LogP contribution in [0.25, 0.3) is 0 Å². The standard InChI is InChI=1S/C42H56N3/c1-30(16-18-33-10-7-12-35-20-23-44(5)28-41(33)35)32(3)40(26-37-14-9-15-38-27-43(4)25-22-39(37)38)31(2)17-19-34-11-8-13-36-21-24-45(6)29-42(34)36/h7-15,27-32,40H,16-26H2,1-6H3/q+3. The van der Waals surface area contributed by atoms with E-state index in [1.807, 2.05) is 0 Å². The van der Waals surface area contributed by atoms with Crippen molar-refractivity contribution in [3.8, 4) is 0 Å². The molecule has 6 rings (SSSR count). The first-order chi connectivity index (χ1) is 21.8. The van der Waals surface area contributed by atoms with Gasteiger partial charge in [-0.1, -0.05) is 69.3 Å². The van der Waals surface area contributed by atoms with Crippen molar-refractivity contribution in [2.24, 2.45) is 23.7 Å². The fourth-order valence-electron chi connectivity index (χ4n) is 8.39. The summed E-state index contributed by atoms with van der Waals surface area (Å²) in [7, 11) is 6.65. The third-order valence-electron chi connectivity index (χ3n) is 11.6. The maximum atomic E-state index is 2.58. The molecule has 3 heteroatoms. The van der Waals surface area contributed by atoms with Gasteiger partial charge in [0.05, 0.1) is 0 Å². The number of likely N-dealkylation sites (N-methyl/N-ethyl adjacent to an activating group) is 3. The van der Waals surface area contributed by atoms with Crippen LogP contribution in [0.4, 0.5) is 0 Å². The second kappa shape index (κ2) is 14.0. The largest absolute Gasteiger partial charge is 0.238 e. The molecule has 3 aromatic carbocycles. The lowest BCUT2D eigenvalue weighted by atomic mass is 9.70. The first-order valence-electron chi connectivity index (χ1n) is 17.7. The topological polar surface area (TPSA) is 9.03 Å². The molecule has 0 radical (unpaired) electrons. The van der Waals surface area contributed by atoms with Crippen molar-refractivity contribution < 1.29 is 13.7 Å². The van der Waals surface area contributed by atoms with E-state index in [2.05, 4.69) is 129 Å². The number of aryl methyl sites for hydroxylation is 2. The van der Waals surface area contributed by atoms with E-state index in [1.165, 1.54) is 64.6 Å². The third kappa shape index (κ3) is 7.24. The van der Waals surface area contributed by atoms with E-state index >= 15 is 0 Å². The molecule has 0 amide bonds. The molecule has 3 heterocycles. The van der Waals surface area contributed by atoms with Gasteiger partial charge in [-0.3, -0.25) is 0 Å². The molecule has 0 fully saturated rings. The number of benzene rings is 3. The van der Waals surface area contributed by atoms with Crippen LogP contribution in [0, 0.1) is 23.7 Å². The Morgan fingerprint density at radius 1 is 0.578 bits per heavy atom. The van der Waals surface area contributed by atoms with Crippen LogP contribution in [0.15, 0.2) is 54.6 Å². The van der Waals surface area contributed by atoms with Crippen LogP contribution < -0.4 is 0 Å². The van der Waals surface area contributed by atoms with Gasteiger partial charge in [0.1, 0.15) is 40.8 Å². The number of rotatable bonds is 11. The van der Waals surface area contributed by atoms with Gasteiger partial charge in [0.2, 0.25) is 0 Å². The van der Waals surface area contributed by atoms with Crippen molar-refractivity contribution in [3.05, 3.63) is 105 Å². The van der Waals surface area contributed by atoms with Gasteiger partial charge in [-0.05, 0) is 95.2 Å². The number of nitrogens with zero attached hydrogens (tertiary/aromatic N) is 3. The molecule has 45 heavy (non-hydrogen) atoms. The van der Waals surface area contributed by atoms with Crippen molar-refractivity contribution in [1.29, 1.82) is 0 Å². The number of hydrogen-bond acceptors (Lipinski definition) is 0. The monoisotopic (exact) mass is 602 g/mol. The minimum absolute atomic E-state index is 0.650. The average molecular weight is 603 g/mol. The third-order valence-corrected chi connectivity index (χ3v) is 11.6. The molecule has 4 atom stereocenters. The molecule has 3 aromatic rings. The van der Waals surface area contributed by atoms with Crippen molar-refractivity contribution in [3.63, 3.8) is 0 Å². The van der Waals surface area contributed by atoms with E-state index < -0.39 is 0 Å². The van der Waals surface area contributed by atoms with Crippen LogP contribution >= 0.6 is 0 Å². The second-order valence-corrected chi connectivity index (χ2v) is 14.8. The molecule has 0 spiro atoms. The fraction of sp³-hybridized carbons (Fsp3) is 0.500. The summed E-state index contributed by atoms with van der Waals surface area (Å²) in [6.45, 7) is 11.0. The highest BCUT2D eigenvalue weighted by molar-refractivity contribution is 5.82. The zero-order valence-corrected chi connectivity index (χ0v) is 28.9. The molecule has 0 aromatic heterocycles. The molecule has 4 unspecified atom stereocenters. The summed E-state index contributed by atoms with van der Waals surface area (Å²) >= 11 is 0. The second-order valence-electron chi connectivity index (χ2n) is 14.8. The van der Waals surface area contributed by atoms with Gasteiger partial charge in [-0.25, -0.2) is 13.7 Å². The SMILES string of the molecule is CC(CCc1cccc2c1C=[N+](C)CC2)C(C)C(Cc1cccc2c1CC[N+](C)=C2)C(C)CCc1cccc2c1C=[N+](C)CC2. The Labute approximate surface area is 273 Å². The highest BCUT2D eigenvalue weighted by Gasteiger charge is 2.30. The summed E-state index contributed by atoms with van der Waals surface area (Å²) in [6.07, 6.45) is 16.6. The molecule has 0 saturated carbocycles. The van der Waals surface area contributed by atoms with Crippen LogP contribution in [0.1, 0.15) is 83.7 Å². The van der Waals surface area contributed by atoms with E-state index in [0.717, 1.165) is 45.3 Å². The van der Waals surface area contributed by atoms with E-state index in [1.54, 1.807) is 11.1 Å². The molecule has 3 aliphatic rings. The molecule has 0 aliphatic carbocycles. The Bertz CT molecular complexity index is 1620. The van der Waals surface area contributed by atoms with E-state index in [-0.39, 0.29) is 0 Å². The first-order valence-corrected chi connectivity index (χ1v) is 17.7. The zero-order valence-electron chi connectivity index (χ0n) is 28.9. The molecule has 0 saturated heterocycles. The van der Waals surface area contributed by atoms with E-state index in [4.69, 9.17) is 0 Å². The molecular formula is C42H56N3+3. The van der Waals surface area contributed by atoms with Gasteiger partial charge in [-0.2, -0.15) is 0 Å². The van der Waals surface area contributed by atoms with Gasteiger partial charge in [0.25, 0.3) is 0 Å². The van der Waals surface area contributed by atoms with E-state index in [0.29, 0.717) is 23.7 Å². The number of fused-ring (bicyclic) bond motifs is 3. The Kier molecular flexibility index (Phi) is 9.83. The van der Waals surface area contributed by atoms with Crippen LogP contribution in [0.3, 0.4) is 0 Å². The minimum atomic E-state index is 0.650. The van der Waals surface area contributed by atoms with Gasteiger partial charge in [0, 0.05) is 36.0 Å². The summed E-state index contributed by atoms with van der Waals surface area (Å²) in [4.78, 5) is 0. The van der Waals surface area contributed by atoms with Crippen LogP contribution in [-0.4, -0.2) is 73.1 Å². The van der Waals surface area contributed by atoms with Crippen molar-refractivity contribution in [2.45, 2.75) is 72.1 Å². The Hall–Kier alpha value is -3.33. The van der Waals surface area contributed by atoms with Gasteiger partial charge < -0.3 is 0 Å². The quantitative estimate of drug-likeness (QED) is 0.212. The molecular weight excluding hydrogens is 546 g/mol. The van der Waals surface area contributed by atoms with Crippen LogP contribution in [-0.2, 0) is 38.5 Å². The maximum absolute atomic E-state index is 2.58. The highest BCUT2D eigenvalue weighted by atomic mass is 15.0. The smallest absolute Gasteiger partial charge is 0.171 e. The highest BCUT2D eigenvalue weighted by Crippen LogP contribution is 2.37. The lowest BCUT2D eigenvalue weighted by Gasteiger charge is -2.35. The zero-order chi connectivity index (χ0) is 31.5. The molecule has 0 bridgehead atoms. The van der Waals surface area contributed by atoms with Crippen molar-refractivity contribution in [1.82, 2.24) is 0 Å². The van der Waals surface area contributed by atoms with Gasteiger partial charge >= 0.3 is 0 Å². The van der Waals surface area contributed by atoms with Crippen LogP contribution in [0.2, 0.25) is 0 Å². The summed E-state index contributed by atoms with van der Waals surface area (Å²) in [6, 6.07) is 21.1. The molecule has 0 N–H and O–H groups in total. The average Bonchev–Trinajstić information content (AvgIpc) is 3.04. The Balaban J connectivity index is 1.22. The van der Waals surface area contributed by atoms with Crippen LogP contribution in [0.5, 0.6) is 0 Å². The van der Waals surface area contributed by atoms with Crippen molar-refractivity contribution >= 4 is 18.6 Å².